The Balaban J connectivity index is 1.61. The number of urea groups is 1. The van der Waals surface area contributed by atoms with Crippen molar-refractivity contribution in [3.63, 3.8) is 0 Å². The number of aryl methyl sites for hydroxylation is 1. The Morgan fingerprint density at radius 3 is 2.25 bits per heavy atom. The summed E-state index contributed by atoms with van der Waals surface area (Å²) in [6.07, 6.45) is 0.289. The normalized spacial score (nSPS) is 17.9. The second kappa shape index (κ2) is 8.67. The van der Waals surface area contributed by atoms with Crippen molar-refractivity contribution in [2.24, 2.45) is 0 Å². The zero-order chi connectivity index (χ0) is 22.7. The molecule has 1 aliphatic rings. The van der Waals surface area contributed by atoms with E-state index in [1.165, 1.54) is 0 Å². The van der Waals surface area contributed by atoms with Gasteiger partial charge in [0.2, 0.25) is 5.91 Å². The molecule has 1 aliphatic heterocycles. The summed E-state index contributed by atoms with van der Waals surface area (Å²) in [5.74, 6) is -0.862. The number of rotatable bonds is 6. The van der Waals surface area contributed by atoms with E-state index < -0.39 is 23.4 Å². The smallest absolute Gasteiger partial charge is 0.324 e. The van der Waals surface area contributed by atoms with E-state index in [0.29, 0.717) is 11.3 Å². The van der Waals surface area contributed by atoms with Crippen LogP contribution in [0.1, 0.15) is 22.3 Å². The summed E-state index contributed by atoms with van der Waals surface area (Å²) in [6.45, 7) is 3.51. The van der Waals surface area contributed by atoms with Gasteiger partial charge in [0.05, 0.1) is 0 Å². The van der Waals surface area contributed by atoms with Crippen molar-refractivity contribution in [3.05, 3.63) is 101 Å². The molecule has 0 aromatic heterocycles. The van der Waals surface area contributed by atoms with E-state index in [4.69, 9.17) is 0 Å². The summed E-state index contributed by atoms with van der Waals surface area (Å²) in [6, 6.07) is 23.7. The second-order valence-electron chi connectivity index (χ2n) is 8.05. The third-order valence-corrected chi connectivity index (χ3v) is 5.93. The number of benzene rings is 3. The molecule has 1 heterocycles. The Morgan fingerprint density at radius 1 is 0.906 bits per heavy atom. The number of amides is 4. The zero-order valence-corrected chi connectivity index (χ0v) is 18.1. The maximum absolute atomic E-state index is 13.6. The second-order valence-corrected chi connectivity index (χ2v) is 8.05. The fourth-order valence-corrected chi connectivity index (χ4v) is 4.03. The van der Waals surface area contributed by atoms with Gasteiger partial charge in [0, 0.05) is 12.1 Å². The van der Waals surface area contributed by atoms with Gasteiger partial charge in [0.25, 0.3) is 5.91 Å². The standard InChI is InChI=1S/C26H25N3O3/c1-18-10-9-15-22(19(18)2)27-23(30)17-29-24(31)26(28-25(29)32,21-13-7-4-8-14-21)16-20-11-5-3-6-12-20/h3-15H,16-17H2,1-2H3,(H,27,30)(H,28,32). The highest BCUT2D eigenvalue weighted by molar-refractivity contribution is 6.10. The van der Waals surface area contributed by atoms with E-state index in [0.717, 1.165) is 21.6 Å². The Kier molecular flexibility index (Phi) is 5.77. The van der Waals surface area contributed by atoms with Crippen LogP contribution in [0, 0.1) is 13.8 Å². The van der Waals surface area contributed by atoms with Crippen molar-refractivity contribution in [1.29, 1.82) is 0 Å². The van der Waals surface area contributed by atoms with Crippen LogP contribution in [0.3, 0.4) is 0 Å². The molecular weight excluding hydrogens is 402 g/mol. The molecule has 0 aliphatic carbocycles. The zero-order valence-electron chi connectivity index (χ0n) is 18.1. The minimum absolute atomic E-state index is 0.289. The fraction of sp³-hybridized carbons (Fsp3) is 0.192. The van der Waals surface area contributed by atoms with Crippen molar-refractivity contribution in [3.8, 4) is 0 Å². The third kappa shape index (κ3) is 3.99. The van der Waals surface area contributed by atoms with Crippen LogP contribution in [0.5, 0.6) is 0 Å². The van der Waals surface area contributed by atoms with Crippen LogP contribution in [0.4, 0.5) is 10.5 Å². The van der Waals surface area contributed by atoms with E-state index in [2.05, 4.69) is 10.6 Å². The van der Waals surface area contributed by atoms with Gasteiger partial charge in [-0.05, 0) is 42.2 Å². The van der Waals surface area contributed by atoms with E-state index in [-0.39, 0.29) is 13.0 Å². The Labute approximate surface area is 187 Å². The number of carbonyl (C=O) groups excluding carboxylic acids is 3. The first-order valence-electron chi connectivity index (χ1n) is 10.5. The highest BCUT2D eigenvalue weighted by Gasteiger charge is 2.52. The lowest BCUT2D eigenvalue weighted by Gasteiger charge is -2.27. The van der Waals surface area contributed by atoms with E-state index in [1.807, 2.05) is 86.6 Å². The summed E-state index contributed by atoms with van der Waals surface area (Å²) >= 11 is 0. The van der Waals surface area contributed by atoms with Crippen molar-refractivity contribution < 1.29 is 14.4 Å². The average molecular weight is 428 g/mol. The van der Waals surface area contributed by atoms with Gasteiger partial charge >= 0.3 is 6.03 Å². The van der Waals surface area contributed by atoms with Crippen LogP contribution in [0.25, 0.3) is 0 Å². The van der Waals surface area contributed by atoms with E-state index in [9.17, 15) is 14.4 Å². The molecule has 3 aromatic carbocycles. The molecule has 4 amide bonds. The van der Waals surface area contributed by atoms with Crippen LogP contribution in [-0.2, 0) is 21.5 Å². The molecule has 1 unspecified atom stereocenters. The SMILES string of the molecule is Cc1cccc(NC(=O)CN2C(=O)NC(Cc3ccccc3)(c3ccccc3)C2=O)c1C. The van der Waals surface area contributed by atoms with E-state index in [1.54, 1.807) is 6.07 Å². The lowest BCUT2D eigenvalue weighted by atomic mass is 9.83. The van der Waals surface area contributed by atoms with Crippen LogP contribution >= 0.6 is 0 Å². The third-order valence-electron chi connectivity index (χ3n) is 5.93. The topological polar surface area (TPSA) is 78.5 Å². The number of anilines is 1. The molecule has 1 fully saturated rings. The van der Waals surface area contributed by atoms with Gasteiger partial charge in [-0.1, -0.05) is 72.8 Å². The first-order valence-corrected chi connectivity index (χ1v) is 10.5. The van der Waals surface area contributed by atoms with Gasteiger partial charge in [-0.3, -0.25) is 14.5 Å². The highest BCUT2D eigenvalue weighted by atomic mass is 16.2. The van der Waals surface area contributed by atoms with Crippen LogP contribution in [0.15, 0.2) is 78.9 Å². The van der Waals surface area contributed by atoms with Crippen LogP contribution in [-0.4, -0.2) is 29.3 Å². The molecule has 32 heavy (non-hydrogen) atoms. The summed E-state index contributed by atoms with van der Waals surface area (Å²) in [7, 11) is 0. The molecule has 2 N–H and O–H groups in total. The molecule has 6 nitrogen and oxygen atoms in total. The summed E-state index contributed by atoms with van der Waals surface area (Å²) < 4.78 is 0. The quantitative estimate of drug-likeness (QED) is 0.585. The highest BCUT2D eigenvalue weighted by Crippen LogP contribution is 2.33. The van der Waals surface area contributed by atoms with Crippen molar-refractivity contribution in [1.82, 2.24) is 10.2 Å². The summed E-state index contributed by atoms with van der Waals surface area (Å²) in [5, 5.41) is 5.70. The molecule has 162 valence electrons. The van der Waals surface area contributed by atoms with Gasteiger partial charge in [-0.2, -0.15) is 0 Å². The summed E-state index contributed by atoms with van der Waals surface area (Å²) in [5.41, 5.74) is 2.98. The molecule has 3 aromatic rings. The maximum Gasteiger partial charge on any atom is 0.325 e. The summed E-state index contributed by atoms with van der Waals surface area (Å²) in [4.78, 5) is 40.2. The minimum Gasteiger partial charge on any atom is -0.324 e. The van der Waals surface area contributed by atoms with Crippen molar-refractivity contribution >= 4 is 23.5 Å². The van der Waals surface area contributed by atoms with Gasteiger partial charge in [0.15, 0.2) is 5.54 Å². The fourth-order valence-electron chi connectivity index (χ4n) is 4.03. The minimum atomic E-state index is -1.26. The number of imide groups is 1. The number of nitrogens with one attached hydrogen (secondary N) is 2. The van der Waals surface area contributed by atoms with Gasteiger partial charge < -0.3 is 10.6 Å². The van der Waals surface area contributed by atoms with Gasteiger partial charge in [0.1, 0.15) is 6.54 Å². The van der Waals surface area contributed by atoms with Crippen molar-refractivity contribution in [2.45, 2.75) is 25.8 Å². The molecule has 0 bridgehead atoms. The van der Waals surface area contributed by atoms with Gasteiger partial charge in [-0.15, -0.1) is 0 Å². The Hall–Kier alpha value is -3.93. The largest absolute Gasteiger partial charge is 0.325 e. The van der Waals surface area contributed by atoms with Crippen LogP contribution in [0.2, 0.25) is 0 Å². The predicted octanol–water partition coefficient (Wildman–Crippen LogP) is 3.93. The number of nitrogens with zero attached hydrogens (tertiary/aromatic N) is 1. The molecule has 1 atom stereocenters. The molecule has 6 heteroatoms. The van der Waals surface area contributed by atoms with E-state index >= 15 is 0 Å². The van der Waals surface area contributed by atoms with Crippen LogP contribution < -0.4 is 10.6 Å². The Bertz CT molecular complexity index is 1160. The molecule has 0 radical (unpaired) electrons. The lowest BCUT2D eigenvalue weighted by Crippen LogP contribution is -2.46. The molecule has 0 saturated carbocycles. The number of hydrogen-bond donors (Lipinski definition) is 2. The molecule has 0 spiro atoms. The number of carbonyl (C=O) groups is 3. The maximum atomic E-state index is 13.6. The molecule has 1 saturated heterocycles. The first kappa shape index (κ1) is 21.3. The van der Waals surface area contributed by atoms with Gasteiger partial charge in [-0.25, -0.2) is 4.79 Å². The first-order chi connectivity index (χ1) is 15.4. The molecular formula is C26H25N3O3. The monoisotopic (exact) mass is 427 g/mol. The Morgan fingerprint density at radius 2 is 1.56 bits per heavy atom. The molecule has 4 rings (SSSR count). The number of hydrogen-bond acceptors (Lipinski definition) is 3. The lowest BCUT2D eigenvalue weighted by molar-refractivity contribution is -0.134. The average Bonchev–Trinajstić information content (AvgIpc) is 3.03. The predicted molar refractivity (Wildman–Crippen MR) is 123 cm³/mol. The van der Waals surface area contributed by atoms with Crippen molar-refractivity contribution in [2.75, 3.05) is 11.9 Å².